The van der Waals surface area contributed by atoms with Crippen molar-refractivity contribution in [2.24, 2.45) is 5.92 Å². The number of rotatable bonds is 3. The van der Waals surface area contributed by atoms with Crippen LogP contribution in [0.4, 0.5) is 10.5 Å². The van der Waals surface area contributed by atoms with Gasteiger partial charge in [-0.2, -0.15) is 0 Å². The van der Waals surface area contributed by atoms with Gasteiger partial charge < -0.3 is 15.7 Å². The molecule has 3 N–H and O–H groups in total. The number of urea groups is 1. The molecule has 2 atom stereocenters. The lowest BCUT2D eigenvalue weighted by molar-refractivity contribution is -0.141. The number of aliphatic carboxylic acids is 1. The minimum absolute atomic E-state index is 0.0874. The van der Waals surface area contributed by atoms with Gasteiger partial charge in [0.15, 0.2) is 0 Å². The molecule has 1 fully saturated rings. The number of carbonyl (C=O) groups excluding carboxylic acids is 1. The van der Waals surface area contributed by atoms with E-state index in [-0.39, 0.29) is 18.0 Å². The van der Waals surface area contributed by atoms with Crippen LogP contribution in [0.3, 0.4) is 0 Å². The Kier molecular flexibility index (Phi) is 4.49. The molecule has 0 aliphatic heterocycles. The highest BCUT2D eigenvalue weighted by Crippen LogP contribution is 2.26. The lowest BCUT2D eigenvalue weighted by Gasteiger charge is -2.15. The van der Waals surface area contributed by atoms with Gasteiger partial charge in [0.1, 0.15) is 0 Å². The molecule has 5 nitrogen and oxygen atoms in total. The van der Waals surface area contributed by atoms with E-state index in [1.165, 1.54) is 0 Å². The van der Waals surface area contributed by atoms with Gasteiger partial charge in [-0.15, -0.1) is 0 Å². The second-order valence-electron chi connectivity index (χ2n) is 5.06. The smallest absolute Gasteiger partial charge is 0.319 e. The maximum absolute atomic E-state index is 11.9. The second kappa shape index (κ2) is 6.13. The molecule has 1 aromatic rings. The first-order chi connectivity index (χ1) is 9.47. The van der Waals surface area contributed by atoms with Crippen molar-refractivity contribution < 1.29 is 14.7 Å². The van der Waals surface area contributed by atoms with E-state index in [1.807, 2.05) is 6.92 Å². The zero-order valence-corrected chi connectivity index (χ0v) is 11.9. The number of nitrogens with one attached hydrogen (secondary N) is 2. The van der Waals surface area contributed by atoms with Crippen LogP contribution in [-0.2, 0) is 4.79 Å². The molecule has 1 aliphatic rings. The summed E-state index contributed by atoms with van der Waals surface area (Å²) in [5.74, 6) is -1.14. The Bertz CT molecular complexity index is 533. The van der Waals surface area contributed by atoms with E-state index < -0.39 is 5.97 Å². The maximum atomic E-state index is 11.9. The van der Waals surface area contributed by atoms with Gasteiger partial charge in [0.25, 0.3) is 0 Å². The number of benzene rings is 1. The Balaban J connectivity index is 1.90. The fourth-order valence-electron chi connectivity index (χ4n) is 2.42. The normalized spacial score (nSPS) is 21.5. The van der Waals surface area contributed by atoms with Crippen molar-refractivity contribution >= 4 is 29.3 Å². The molecule has 2 amide bonds. The van der Waals surface area contributed by atoms with Crippen molar-refractivity contribution in [1.29, 1.82) is 0 Å². The average Bonchev–Trinajstić information content (AvgIpc) is 2.83. The van der Waals surface area contributed by atoms with Crippen LogP contribution in [0.5, 0.6) is 0 Å². The second-order valence-corrected chi connectivity index (χ2v) is 5.46. The van der Waals surface area contributed by atoms with Crippen LogP contribution in [0.2, 0.25) is 5.02 Å². The van der Waals surface area contributed by atoms with E-state index in [4.69, 9.17) is 16.7 Å². The molecule has 2 unspecified atom stereocenters. The molecule has 1 saturated carbocycles. The summed E-state index contributed by atoms with van der Waals surface area (Å²) < 4.78 is 0. The van der Waals surface area contributed by atoms with Crippen molar-refractivity contribution in [1.82, 2.24) is 5.32 Å². The quantitative estimate of drug-likeness (QED) is 0.802. The summed E-state index contributed by atoms with van der Waals surface area (Å²) in [4.78, 5) is 22.8. The van der Waals surface area contributed by atoms with E-state index >= 15 is 0 Å². The van der Waals surface area contributed by atoms with Gasteiger partial charge in [-0.3, -0.25) is 4.79 Å². The highest BCUT2D eigenvalue weighted by molar-refractivity contribution is 6.31. The molecule has 20 heavy (non-hydrogen) atoms. The van der Waals surface area contributed by atoms with Crippen molar-refractivity contribution in [3.05, 3.63) is 28.8 Å². The Morgan fingerprint density at radius 2 is 2.10 bits per heavy atom. The van der Waals surface area contributed by atoms with Crippen LogP contribution in [-0.4, -0.2) is 23.1 Å². The van der Waals surface area contributed by atoms with Crippen LogP contribution in [0, 0.1) is 12.8 Å². The van der Waals surface area contributed by atoms with Crippen molar-refractivity contribution in [2.75, 3.05) is 5.32 Å². The van der Waals surface area contributed by atoms with E-state index in [0.717, 1.165) is 5.56 Å². The summed E-state index contributed by atoms with van der Waals surface area (Å²) in [7, 11) is 0. The molecule has 0 saturated heterocycles. The summed E-state index contributed by atoms with van der Waals surface area (Å²) in [6.45, 7) is 1.83. The molecule has 0 radical (unpaired) electrons. The maximum Gasteiger partial charge on any atom is 0.319 e. The number of carboxylic acid groups (broad SMARTS) is 1. The highest BCUT2D eigenvalue weighted by Gasteiger charge is 2.30. The van der Waals surface area contributed by atoms with Gasteiger partial charge in [-0.05, 0) is 43.9 Å². The summed E-state index contributed by atoms with van der Waals surface area (Å²) in [6, 6.07) is 4.88. The summed E-state index contributed by atoms with van der Waals surface area (Å²) in [5.41, 5.74) is 1.46. The summed E-state index contributed by atoms with van der Waals surface area (Å²) >= 11 is 5.98. The van der Waals surface area contributed by atoms with Crippen molar-refractivity contribution in [3.8, 4) is 0 Å². The van der Waals surface area contributed by atoms with Gasteiger partial charge in [-0.1, -0.05) is 17.7 Å². The molecular weight excluding hydrogens is 280 g/mol. The first kappa shape index (κ1) is 14.7. The fourth-order valence-corrected chi connectivity index (χ4v) is 2.60. The molecular formula is C14H17ClN2O3. The first-order valence-corrected chi connectivity index (χ1v) is 6.90. The van der Waals surface area contributed by atoms with Crippen LogP contribution < -0.4 is 10.6 Å². The van der Waals surface area contributed by atoms with Gasteiger partial charge in [0, 0.05) is 16.8 Å². The highest BCUT2D eigenvalue weighted by atomic mass is 35.5. The predicted molar refractivity (Wildman–Crippen MR) is 77.1 cm³/mol. The van der Waals surface area contributed by atoms with Crippen LogP contribution in [0.15, 0.2) is 18.2 Å². The molecule has 1 aliphatic carbocycles. The topological polar surface area (TPSA) is 78.4 Å². The zero-order valence-electron chi connectivity index (χ0n) is 11.1. The van der Waals surface area contributed by atoms with Gasteiger partial charge >= 0.3 is 12.0 Å². The zero-order chi connectivity index (χ0) is 14.7. The predicted octanol–water partition coefficient (Wildman–Crippen LogP) is 3.02. The van der Waals surface area contributed by atoms with Crippen LogP contribution in [0.1, 0.15) is 24.8 Å². The average molecular weight is 297 g/mol. The van der Waals surface area contributed by atoms with Gasteiger partial charge in [0.2, 0.25) is 0 Å². The molecule has 0 spiro atoms. The first-order valence-electron chi connectivity index (χ1n) is 6.53. The van der Waals surface area contributed by atoms with Gasteiger partial charge in [0.05, 0.1) is 5.92 Å². The standard InChI is InChI=1S/C14H17ClN2O3/c1-8-11(15)3-2-4-12(8)17-14(20)16-10-6-5-9(7-10)13(18)19/h2-4,9-10H,5-7H2,1H3,(H,18,19)(H2,16,17,20). The molecule has 0 bridgehead atoms. The lowest BCUT2D eigenvalue weighted by atomic mass is 10.1. The third-order valence-corrected chi connectivity index (χ3v) is 4.04. The SMILES string of the molecule is Cc1c(Cl)cccc1NC(=O)NC1CCC(C(=O)O)C1. The molecule has 1 aromatic carbocycles. The molecule has 6 heteroatoms. The van der Waals surface area contributed by atoms with E-state index in [2.05, 4.69) is 10.6 Å². The van der Waals surface area contributed by atoms with Crippen molar-refractivity contribution in [2.45, 2.75) is 32.2 Å². The van der Waals surface area contributed by atoms with Gasteiger partial charge in [-0.25, -0.2) is 4.79 Å². The number of hydrogen-bond donors (Lipinski definition) is 3. The molecule has 108 valence electrons. The Morgan fingerprint density at radius 3 is 2.75 bits per heavy atom. The Hall–Kier alpha value is -1.75. The number of anilines is 1. The minimum atomic E-state index is -0.791. The third kappa shape index (κ3) is 3.42. The Labute approximate surface area is 122 Å². The fraction of sp³-hybridized carbons (Fsp3) is 0.429. The third-order valence-electron chi connectivity index (χ3n) is 3.63. The van der Waals surface area contributed by atoms with Crippen molar-refractivity contribution in [3.63, 3.8) is 0 Å². The molecule has 0 heterocycles. The number of halogens is 1. The lowest BCUT2D eigenvalue weighted by Crippen LogP contribution is -2.36. The van der Waals surface area contributed by atoms with Crippen LogP contribution >= 0.6 is 11.6 Å². The summed E-state index contributed by atoms with van der Waals surface area (Å²) in [6.07, 6.45) is 1.78. The number of amides is 2. The van der Waals surface area contributed by atoms with E-state index in [9.17, 15) is 9.59 Å². The largest absolute Gasteiger partial charge is 0.481 e. The molecule has 0 aromatic heterocycles. The van der Waals surface area contributed by atoms with E-state index in [1.54, 1.807) is 18.2 Å². The van der Waals surface area contributed by atoms with E-state index in [0.29, 0.717) is 30.0 Å². The summed E-state index contributed by atoms with van der Waals surface area (Å²) in [5, 5.41) is 15.1. The Morgan fingerprint density at radius 1 is 1.35 bits per heavy atom. The minimum Gasteiger partial charge on any atom is -0.481 e. The number of carboxylic acids is 1. The van der Waals surface area contributed by atoms with Crippen LogP contribution in [0.25, 0.3) is 0 Å². The number of hydrogen-bond acceptors (Lipinski definition) is 2. The number of carbonyl (C=O) groups is 2. The monoisotopic (exact) mass is 296 g/mol. The molecule has 2 rings (SSSR count).